The Bertz CT molecular complexity index is 585. The smallest absolute Gasteiger partial charge is 0.239 e. The maximum absolute atomic E-state index is 11.8. The molecule has 1 aromatic carbocycles. The highest BCUT2D eigenvalue weighted by atomic mass is 127. The highest BCUT2D eigenvalue weighted by Crippen LogP contribution is 1.98. The summed E-state index contributed by atoms with van der Waals surface area (Å²) in [6.07, 6.45) is 0.321. The number of aliphatic imine (C=N–C) groups is 1. The largest absolute Gasteiger partial charge is 0.356 e. The van der Waals surface area contributed by atoms with Crippen LogP contribution in [0.5, 0.6) is 0 Å². The minimum atomic E-state index is -0.271. The van der Waals surface area contributed by atoms with Gasteiger partial charge in [-0.1, -0.05) is 30.3 Å². The summed E-state index contributed by atoms with van der Waals surface area (Å²) in [6, 6.07) is 9.75. The SMILES string of the molecule is CN=C(NCCC(=O)NCc1ccccc1)NCC(=O)NC(C)(C)C.I. The van der Waals surface area contributed by atoms with Crippen LogP contribution >= 0.6 is 24.0 Å². The van der Waals surface area contributed by atoms with Crippen LogP contribution in [0.1, 0.15) is 32.8 Å². The van der Waals surface area contributed by atoms with E-state index < -0.39 is 0 Å². The van der Waals surface area contributed by atoms with Crippen molar-refractivity contribution in [1.82, 2.24) is 21.3 Å². The first kappa shape index (κ1) is 24.2. The third kappa shape index (κ3) is 11.7. The van der Waals surface area contributed by atoms with Gasteiger partial charge in [0.05, 0.1) is 6.54 Å². The Balaban J connectivity index is 0.00000625. The number of halogens is 1. The summed E-state index contributed by atoms with van der Waals surface area (Å²) in [5.74, 6) is 0.327. The van der Waals surface area contributed by atoms with E-state index in [1.807, 2.05) is 51.1 Å². The van der Waals surface area contributed by atoms with Crippen molar-refractivity contribution >= 4 is 41.8 Å². The number of rotatable bonds is 7. The topological polar surface area (TPSA) is 94.6 Å². The van der Waals surface area contributed by atoms with Crippen molar-refractivity contribution in [3.05, 3.63) is 35.9 Å². The van der Waals surface area contributed by atoms with E-state index >= 15 is 0 Å². The molecular weight excluding hydrogens is 445 g/mol. The highest BCUT2D eigenvalue weighted by Gasteiger charge is 2.13. The van der Waals surface area contributed by atoms with Crippen LogP contribution in [0.25, 0.3) is 0 Å². The van der Waals surface area contributed by atoms with Crippen molar-refractivity contribution < 1.29 is 9.59 Å². The van der Waals surface area contributed by atoms with Gasteiger partial charge in [-0.2, -0.15) is 0 Å². The van der Waals surface area contributed by atoms with Crippen LogP contribution in [0.2, 0.25) is 0 Å². The van der Waals surface area contributed by atoms with Crippen molar-refractivity contribution in [1.29, 1.82) is 0 Å². The molecule has 8 heteroatoms. The molecule has 0 radical (unpaired) electrons. The van der Waals surface area contributed by atoms with E-state index in [9.17, 15) is 9.59 Å². The van der Waals surface area contributed by atoms with Crippen LogP contribution in [-0.2, 0) is 16.1 Å². The van der Waals surface area contributed by atoms with Crippen molar-refractivity contribution in [3.63, 3.8) is 0 Å². The van der Waals surface area contributed by atoms with Crippen molar-refractivity contribution in [2.24, 2.45) is 4.99 Å². The number of benzene rings is 1. The summed E-state index contributed by atoms with van der Waals surface area (Å²) in [6.45, 7) is 6.84. The molecule has 0 fully saturated rings. The van der Waals surface area contributed by atoms with Gasteiger partial charge in [-0.25, -0.2) is 0 Å². The minimum Gasteiger partial charge on any atom is -0.356 e. The maximum atomic E-state index is 11.8. The van der Waals surface area contributed by atoms with Crippen LogP contribution in [0.4, 0.5) is 0 Å². The van der Waals surface area contributed by atoms with E-state index in [4.69, 9.17) is 0 Å². The third-order valence-electron chi connectivity index (χ3n) is 3.13. The lowest BCUT2D eigenvalue weighted by Gasteiger charge is -2.21. The third-order valence-corrected chi connectivity index (χ3v) is 3.13. The Kier molecular flexibility index (Phi) is 11.6. The van der Waals surface area contributed by atoms with Gasteiger partial charge >= 0.3 is 0 Å². The number of hydrogen-bond donors (Lipinski definition) is 4. The Morgan fingerprint density at radius 2 is 1.65 bits per heavy atom. The highest BCUT2D eigenvalue weighted by molar-refractivity contribution is 14.0. The lowest BCUT2D eigenvalue weighted by atomic mass is 10.1. The Morgan fingerprint density at radius 3 is 2.23 bits per heavy atom. The Labute approximate surface area is 172 Å². The molecule has 0 atom stereocenters. The van der Waals surface area contributed by atoms with Crippen LogP contribution < -0.4 is 21.3 Å². The molecule has 1 rings (SSSR count). The van der Waals surface area contributed by atoms with Gasteiger partial charge in [0.15, 0.2) is 5.96 Å². The standard InChI is InChI=1S/C18H29N5O2.HI/c1-18(2,3)23-16(25)13-22-17(19-4)20-11-10-15(24)21-12-14-8-6-5-7-9-14;/h5-9H,10-13H2,1-4H3,(H,21,24)(H,23,25)(H2,19,20,22);1H. The van der Waals surface area contributed by atoms with E-state index in [0.29, 0.717) is 25.5 Å². The Hall–Kier alpha value is -1.84. The molecule has 0 saturated heterocycles. The number of carbonyl (C=O) groups is 2. The van der Waals surface area contributed by atoms with Gasteiger partial charge in [0.25, 0.3) is 0 Å². The number of amides is 2. The average Bonchev–Trinajstić information content (AvgIpc) is 2.55. The molecule has 0 aliphatic carbocycles. The van der Waals surface area contributed by atoms with E-state index in [2.05, 4.69) is 26.3 Å². The summed E-state index contributed by atoms with van der Waals surface area (Å²) >= 11 is 0. The zero-order chi connectivity index (χ0) is 18.7. The average molecular weight is 475 g/mol. The molecule has 0 heterocycles. The molecule has 0 bridgehead atoms. The second-order valence-electron chi connectivity index (χ2n) is 6.66. The van der Waals surface area contributed by atoms with Gasteiger partial charge in [-0.3, -0.25) is 14.6 Å². The zero-order valence-corrected chi connectivity index (χ0v) is 18.2. The van der Waals surface area contributed by atoms with Gasteiger partial charge in [0.2, 0.25) is 11.8 Å². The van der Waals surface area contributed by atoms with Gasteiger partial charge in [-0.15, -0.1) is 24.0 Å². The van der Waals surface area contributed by atoms with Crippen molar-refractivity contribution in [3.8, 4) is 0 Å². The number of guanidine groups is 1. The zero-order valence-electron chi connectivity index (χ0n) is 15.9. The maximum Gasteiger partial charge on any atom is 0.239 e. The first-order valence-electron chi connectivity index (χ1n) is 8.36. The molecule has 7 nitrogen and oxygen atoms in total. The summed E-state index contributed by atoms with van der Waals surface area (Å²) < 4.78 is 0. The van der Waals surface area contributed by atoms with E-state index in [0.717, 1.165) is 5.56 Å². The second kappa shape index (κ2) is 12.5. The summed E-state index contributed by atoms with van der Waals surface area (Å²) in [7, 11) is 1.62. The Morgan fingerprint density at radius 1 is 1.00 bits per heavy atom. The molecule has 2 amide bonds. The summed E-state index contributed by atoms with van der Waals surface area (Å²) in [5, 5.41) is 11.7. The molecule has 0 unspecified atom stereocenters. The van der Waals surface area contributed by atoms with E-state index in [1.165, 1.54) is 0 Å². The van der Waals surface area contributed by atoms with Crippen molar-refractivity contribution in [2.75, 3.05) is 20.1 Å². The van der Waals surface area contributed by atoms with Gasteiger partial charge < -0.3 is 21.3 Å². The normalized spacial score (nSPS) is 11.2. The van der Waals surface area contributed by atoms with E-state index in [-0.39, 0.29) is 47.9 Å². The number of hydrogen-bond acceptors (Lipinski definition) is 3. The molecule has 0 aromatic heterocycles. The fraction of sp³-hybridized carbons (Fsp3) is 0.500. The molecule has 26 heavy (non-hydrogen) atoms. The monoisotopic (exact) mass is 475 g/mol. The van der Waals surface area contributed by atoms with Gasteiger partial charge in [0.1, 0.15) is 0 Å². The second-order valence-corrected chi connectivity index (χ2v) is 6.66. The lowest BCUT2D eigenvalue weighted by molar-refractivity contribution is -0.122. The van der Waals surface area contributed by atoms with Crippen LogP contribution in [0.15, 0.2) is 35.3 Å². The fourth-order valence-electron chi connectivity index (χ4n) is 2.03. The quantitative estimate of drug-likeness (QED) is 0.273. The van der Waals surface area contributed by atoms with Gasteiger partial charge in [-0.05, 0) is 26.3 Å². The summed E-state index contributed by atoms with van der Waals surface area (Å²) in [5.41, 5.74) is 0.790. The molecule has 0 spiro atoms. The van der Waals surface area contributed by atoms with Crippen LogP contribution in [0.3, 0.4) is 0 Å². The molecular formula is C18H30IN5O2. The number of nitrogens with one attached hydrogen (secondary N) is 4. The summed E-state index contributed by atoms with van der Waals surface area (Å²) in [4.78, 5) is 27.6. The van der Waals surface area contributed by atoms with Crippen LogP contribution in [0, 0.1) is 0 Å². The molecule has 0 saturated carbocycles. The molecule has 0 aliphatic heterocycles. The van der Waals surface area contributed by atoms with Gasteiger partial charge in [0, 0.05) is 32.1 Å². The number of nitrogens with zero attached hydrogens (tertiary/aromatic N) is 1. The van der Waals surface area contributed by atoms with Crippen LogP contribution in [-0.4, -0.2) is 43.5 Å². The minimum absolute atomic E-state index is 0. The predicted octanol–water partition coefficient (Wildman–Crippen LogP) is 1.39. The molecule has 146 valence electrons. The molecule has 0 aliphatic rings. The fourth-order valence-corrected chi connectivity index (χ4v) is 2.03. The predicted molar refractivity (Wildman–Crippen MR) is 116 cm³/mol. The first-order chi connectivity index (χ1) is 11.8. The van der Waals surface area contributed by atoms with Crippen molar-refractivity contribution in [2.45, 2.75) is 39.3 Å². The van der Waals surface area contributed by atoms with E-state index in [1.54, 1.807) is 7.05 Å². The lowest BCUT2D eigenvalue weighted by Crippen LogP contribution is -2.48. The first-order valence-corrected chi connectivity index (χ1v) is 8.36. The molecule has 4 N–H and O–H groups in total. The molecule has 1 aromatic rings. The number of carbonyl (C=O) groups excluding carboxylic acids is 2.